The summed E-state index contributed by atoms with van der Waals surface area (Å²) in [6.07, 6.45) is 18.1. The monoisotopic (exact) mass is 521 g/mol. The number of rotatable bonds is 3. The normalized spacial score (nSPS) is 20.0. The fourth-order valence-electron chi connectivity index (χ4n) is 6.10. The van der Waals surface area contributed by atoms with E-state index in [2.05, 4.69) is 132 Å². The number of thioether (sulfide) groups is 1. The molecule has 39 heavy (non-hydrogen) atoms. The number of allylic oxidation sites excluding steroid dienone is 7. The van der Waals surface area contributed by atoms with Gasteiger partial charge in [-0.1, -0.05) is 85.0 Å². The Morgan fingerprint density at radius 3 is 2.46 bits per heavy atom. The zero-order chi connectivity index (χ0) is 25.8. The summed E-state index contributed by atoms with van der Waals surface area (Å²) in [4.78, 5) is 3.73. The largest absolute Gasteiger partial charge is 0.453 e. The van der Waals surface area contributed by atoms with Crippen LogP contribution >= 0.6 is 11.8 Å². The van der Waals surface area contributed by atoms with Crippen molar-refractivity contribution in [2.24, 2.45) is 0 Å². The average molecular weight is 522 g/mol. The average Bonchev–Trinajstić information content (AvgIpc) is 3.37. The van der Waals surface area contributed by atoms with Gasteiger partial charge in [0.15, 0.2) is 11.5 Å². The highest BCUT2D eigenvalue weighted by Gasteiger charge is 2.35. The molecule has 188 valence electrons. The van der Waals surface area contributed by atoms with Gasteiger partial charge in [-0.05, 0) is 83.1 Å². The number of benzene rings is 4. The van der Waals surface area contributed by atoms with Crippen molar-refractivity contribution in [3.63, 3.8) is 0 Å². The highest BCUT2D eigenvalue weighted by atomic mass is 32.2. The third-order valence-corrected chi connectivity index (χ3v) is 9.31. The lowest BCUT2D eigenvalue weighted by Gasteiger charge is -2.34. The van der Waals surface area contributed by atoms with E-state index in [1.807, 2.05) is 11.8 Å². The first-order valence-electron chi connectivity index (χ1n) is 13.7. The smallest absolute Gasteiger partial charge is 0.151 e. The number of ether oxygens (including phenoxy) is 1. The number of para-hydroxylation sites is 2. The van der Waals surface area contributed by atoms with E-state index in [4.69, 9.17) is 4.74 Å². The summed E-state index contributed by atoms with van der Waals surface area (Å²) in [5.41, 5.74) is 9.62. The molecule has 0 radical (unpaired) electrons. The van der Waals surface area contributed by atoms with Crippen LogP contribution in [-0.4, -0.2) is 5.25 Å². The number of hydrogen-bond donors (Lipinski definition) is 0. The van der Waals surface area contributed by atoms with E-state index in [0.717, 1.165) is 41.4 Å². The van der Waals surface area contributed by atoms with Crippen LogP contribution in [0.4, 0.5) is 17.1 Å². The summed E-state index contributed by atoms with van der Waals surface area (Å²) >= 11 is 1.96. The zero-order valence-electron chi connectivity index (χ0n) is 21.5. The lowest BCUT2D eigenvalue weighted by Crippen LogP contribution is -2.16. The van der Waals surface area contributed by atoms with Crippen molar-refractivity contribution in [2.75, 3.05) is 4.90 Å². The van der Waals surface area contributed by atoms with Crippen LogP contribution in [0.1, 0.15) is 29.9 Å². The Balaban J connectivity index is 1.34. The topological polar surface area (TPSA) is 12.5 Å². The molecular weight excluding hydrogens is 494 g/mol. The van der Waals surface area contributed by atoms with Gasteiger partial charge in [0.2, 0.25) is 0 Å². The van der Waals surface area contributed by atoms with Gasteiger partial charge in [0, 0.05) is 21.8 Å². The van der Waals surface area contributed by atoms with E-state index in [-0.39, 0.29) is 0 Å². The first-order chi connectivity index (χ1) is 19.3. The van der Waals surface area contributed by atoms with Crippen LogP contribution in [-0.2, 0) is 0 Å². The molecule has 0 N–H and O–H groups in total. The molecule has 2 aliphatic heterocycles. The summed E-state index contributed by atoms with van der Waals surface area (Å²) < 4.78 is 6.58. The van der Waals surface area contributed by atoms with Gasteiger partial charge in [-0.2, -0.15) is 0 Å². The summed E-state index contributed by atoms with van der Waals surface area (Å²) in [5, 5.41) is 0.447. The fourth-order valence-corrected chi connectivity index (χ4v) is 7.45. The lowest BCUT2D eigenvalue weighted by molar-refractivity contribution is 0.475. The first kappa shape index (κ1) is 22.7. The van der Waals surface area contributed by atoms with E-state index in [0.29, 0.717) is 11.2 Å². The minimum atomic E-state index is 0.396. The maximum atomic E-state index is 6.58. The molecule has 2 aliphatic carbocycles. The standard InChI is InChI=1S/C36H27NOS/c1-3-11-24(12-4-1)26-19-27(25-13-5-2-6-14-25)21-28(20-26)37-31-16-8-9-17-33(31)38-34-22-30-29-15-7-10-18-35(29)39-36(30)23-32(34)37/h1,3-5,7-23,29,35H,2,6H2. The lowest BCUT2D eigenvalue weighted by atomic mass is 9.91. The van der Waals surface area contributed by atoms with Crippen LogP contribution in [0.2, 0.25) is 0 Å². The molecule has 0 aromatic heterocycles. The van der Waals surface area contributed by atoms with Crippen LogP contribution in [0.25, 0.3) is 16.7 Å². The number of nitrogens with zero attached hydrogens (tertiary/aromatic N) is 1. The van der Waals surface area contributed by atoms with Gasteiger partial charge in [-0.15, -0.1) is 11.8 Å². The van der Waals surface area contributed by atoms with E-state index in [1.165, 1.54) is 32.7 Å². The number of fused-ring (bicyclic) bond motifs is 5. The Morgan fingerprint density at radius 1 is 0.718 bits per heavy atom. The molecule has 0 fully saturated rings. The van der Waals surface area contributed by atoms with Crippen molar-refractivity contribution in [3.8, 4) is 22.6 Å². The molecular formula is C36H27NOS. The SMILES string of the molecule is C1=CC2Sc3cc4c(cc3C2C=C1)Oc1ccccc1N4c1cc(C2=CCCC=C2)cc(-c2ccccc2)c1. The molecule has 8 rings (SSSR count). The zero-order valence-corrected chi connectivity index (χ0v) is 22.3. The van der Waals surface area contributed by atoms with E-state index < -0.39 is 0 Å². The molecule has 0 bridgehead atoms. The van der Waals surface area contributed by atoms with Gasteiger partial charge in [-0.25, -0.2) is 0 Å². The second-order valence-electron chi connectivity index (χ2n) is 10.4. The summed E-state index contributed by atoms with van der Waals surface area (Å²) in [7, 11) is 0. The molecule has 0 saturated carbocycles. The molecule has 2 nitrogen and oxygen atoms in total. The van der Waals surface area contributed by atoms with Crippen LogP contribution in [0.15, 0.2) is 132 Å². The second-order valence-corrected chi connectivity index (χ2v) is 11.6. The Labute approximate surface area is 233 Å². The molecule has 2 unspecified atom stereocenters. The molecule has 0 amide bonds. The van der Waals surface area contributed by atoms with E-state index in [9.17, 15) is 0 Å². The third-order valence-electron chi connectivity index (χ3n) is 7.98. The Morgan fingerprint density at radius 2 is 1.56 bits per heavy atom. The Bertz CT molecular complexity index is 1730. The quantitative estimate of drug-likeness (QED) is 0.234. The second kappa shape index (κ2) is 9.21. The van der Waals surface area contributed by atoms with Gasteiger partial charge in [-0.3, -0.25) is 0 Å². The van der Waals surface area contributed by atoms with Crippen molar-refractivity contribution < 1.29 is 4.74 Å². The minimum absolute atomic E-state index is 0.396. The summed E-state index contributed by atoms with van der Waals surface area (Å²) in [6.45, 7) is 0. The predicted molar refractivity (Wildman–Crippen MR) is 164 cm³/mol. The van der Waals surface area contributed by atoms with E-state index in [1.54, 1.807) is 0 Å². The van der Waals surface area contributed by atoms with Crippen LogP contribution in [0.5, 0.6) is 11.5 Å². The van der Waals surface area contributed by atoms with Crippen molar-refractivity contribution in [3.05, 3.63) is 139 Å². The molecule has 3 heteroatoms. The number of anilines is 3. The van der Waals surface area contributed by atoms with Crippen molar-refractivity contribution in [2.45, 2.75) is 28.9 Å². The maximum absolute atomic E-state index is 6.58. The van der Waals surface area contributed by atoms with Gasteiger partial charge in [0.25, 0.3) is 0 Å². The number of hydrogen-bond acceptors (Lipinski definition) is 3. The molecule has 2 heterocycles. The fraction of sp³-hybridized carbons (Fsp3) is 0.111. The highest BCUT2D eigenvalue weighted by molar-refractivity contribution is 8.00. The molecule has 2 atom stereocenters. The van der Waals surface area contributed by atoms with Gasteiger partial charge < -0.3 is 9.64 Å². The van der Waals surface area contributed by atoms with Gasteiger partial charge in [0.1, 0.15) is 0 Å². The molecule has 4 aromatic carbocycles. The van der Waals surface area contributed by atoms with Crippen molar-refractivity contribution in [1.29, 1.82) is 0 Å². The third kappa shape index (κ3) is 3.88. The van der Waals surface area contributed by atoms with Gasteiger partial charge >= 0.3 is 0 Å². The molecule has 4 aromatic rings. The van der Waals surface area contributed by atoms with Crippen LogP contribution in [0, 0.1) is 0 Å². The van der Waals surface area contributed by atoms with Crippen molar-refractivity contribution in [1.82, 2.24) is 0 Å². The summed E-state index contributed by atoms with van der Waals surface area (Å²) in [6, 6.07) is 30.7. The maximum Gasteiger partial charge on any atom is 0.151 e. The Kier molecular flexibility index (Phi) is 5.37. The molecule has 0 spiro atoms. The minimum Gasteiger partial charge on any atom is -0.453 e. The van der Waals surface area contributed by atoms with Crippen LogP contribution < -0.4 is 9.64 Å². The highest BCUT2D eigenvalue weighted by Crippen LogP contribution is 2.57. The first-order valence-corrected chi connectivity index (χ1v) is 14.5. The van der Waals surface area contributed by atoms with Crippen LogP contribution in [0.3, 0.4) is 0 Å². The molecule has 4 aliphatic rings. The predicted octanol–water partition coefficient (Wildman–Crippen LogP) is 10.3. The molecule has 0 saturated heterocycles. The van der Waals surface area contributed by atoms with Gasteiger partial charge in [0.05, 0.1) is 11.4 Å². The summed E-state index contributed by atoms with van der Waals surface area (Å²) in [5.74, 6) is 2.20. The van der Waals surface area contributed by atoms with E-state index >= 15 is 0 Å². The Hall–Kier alpha value is -4.21. The van der Waals surface area contributed by atoms with Crippen molar-refractivity contribution >= 4 is 34.4 Å².